The molecule has 4 N–H and O–H groups in total. The Morgan fingerprint density at radius 3 is 2.80 bits per heavy atom. The standard InChI is InChI=1S/C12H22N4O2S2/c1-8-12(10(7-13)15-14-8)20(17,18)16-9-5-3-4-6-11(9)19-2/h9,11,16H,3-7,13H2,1-2H3,(H,14,15). The molecule has 1 aliphatic carbocycles. The Hall–Kier alpha value is -0.570. The lowest BCUT2D eigenvalue weighted by atomic mass is 9.96. The van der Waals surface area contributed by atoms with Crippen LogP contribution in [0.1, 0.15) is 37.1 Å². The van der Waals surface area contributed by atoms with Crippen molar-refractivity contribution in [3.05, 3.63) is 11.4 Å². The summed E-state index contributed by atoms with van der Waals surface area (Å²) >= 11 is 1.73. The first-order valence-corrected chi connectivity index (χ1v) is 9.55. The molecule has 8 heteroatoms. The van der Waals surface area contributed by atoms with E-state index < -0.39 is 10.0 Å². The molecule has 2 atom stereocenters. The second-order valence-electron chi connectivity index (χ2n) is 5.11. The summed E-state index contributed by atoms with van der Waals surface area (Å²) in [7, 11) is -3.57. The van der Waals surface area contributed by atoms with Crippen molar-refractivity contribution in [2.75, 3.05) is 6.26 Å². The number of aromatic amines is 1. The first kappa shape index (κ1) is 15.8. The molecule has 0 saturated heterocycles. The van der Waals surface area contributed by atoms with E-state index in [0.717, 1.165) is 19.3 Å². The van der Waals surface area contributed by atoms with Gasteiger partial charge in [-0.15, -0.1) is 0 Å². The predicted molar refractivity (Wildman–Crippen MR) is 81.1 cm³/mol. The molecule has 0 bridgehead atoms. The zero-order valence-corrected chi connectivity index (χ0v) is 13.5. The molecule has 2 rings (SSSR count). The van der Waals surface area contributed by atoms with Crippen LogP contribution in [0.5, 0.6) is 0 Å². The molecular formula is C12H22N4O2S2. The molecule has 1 aliphatic rings. The normalized spacial score (nSPS) is 23.9. The van der Waals surface area contributed by atoms with Crippen molar-refractivity contribution in [3.8, 4) is 0 Å². The molecule has 2 unspecified atom stereocenters. The van der Waals surface area contributed by atoms with Gasteiger partial charge in [-0.2, -0.15) is 16.9 Å². The molecule has 114 valence electrons. The van der Waals surface area contributed by atoms with Gasteiger partial charge in [0, 0.05) is 17.8 Å². The molecule has 0 radical (unpaired) electrons. The van der Waals surface area contributed by atoms with Crippen molar-refractivity contribution >= 4 is 21.8 Å². The minimum absolute atomic E-state index is 0.0105. The van der Waals surface area contributed by atoms with Crippen molar-refractivity contribution in [3.63, 3.8) is 0 Å². The number of rotatable bonds is 5. The van der Waals surface area contributed by atoms with E-state index in [4.69, 9.17) is 5.73 Å². The van der Waals surface area contributed by atoms with E-state index in [-0.39, 0.29) is 17.5 Å². The van der Waals surface area contributed by atoms with Gasteiger partial charge in [0.25, 0.3) is 0 Å². The van der Waals surface area contributed by atoms with Crippen LogP contribution in [0.4, 0.5) is 0 Å². The number of aromatic nitrogens is 2. The Kier molecular flexibility index (Phi) is 5.11. The van der Waals surface area contributed by atoms with Crippen LogP contribution < -0.4 is 10.5 Å². The van der Waals surface area contributed by atoms with Gasteiger partial charge in [0.15, 0.2) is 0 Å². The summed E-state index contributed by atoms with van der Waals surface area (Å²) in [4.78, 5) is 0.213. The van der Waals surface area contributed by atoms with Gasteiger partial charge in [-0.1, -0.05) is 12.8 Å². The average Bonchev–Trinajstić information content (AvgIpc) is 2.81. The quantitative estimate of drug-likeness (QED) is 0.755. The van der Waals surface area contributed by atoms with Gasteiger partial charge in [-0.25, -0.2) is 13.1 Å². The summed E-state index contributed by atoms with van der Waals surface area (Å²) in [6.45, 7) is 1.81. The number of thioether (sulfide) groups is 1. The summed E-state index contributed by atoms with van der Waals surface area (Å²) in [5.74, 6) is 0. The molecule has 0 aliphatic heterocycles. The summed E-state index contributed by atoms with van der Waals surface area (Å²) < 4.78 is 28.0. The second-order valence-corrected chi connectivity index (χ2v) is 7.84. The van der Waals surface area contributed by atoms with Gasteiger partial charge in [-0.05, 0) is 26.0 Å². The summed E-state index contributed by atoms with van der Waals surface area (Å²) in [5, 5.41) is 7.00. The van der Waals surface area contributed by atoms with E-state index in [1.54, 1.807) is 18.7 Å². The van der Waals surface area contributed by atoms with Crippen molar-refractivity contribution < 1.29 is 8.42 Å². The smallest absolute Gasteiger partial charge is 0.244 e. The van der Waals surface area contributed by atoms with E-state index in [2.05, 4.69) is 14.9 Å². The predicted octanol–water partition coefficient (Wildman–Crippen LogP) is 1.13. The highest BCUT2D eigenvalue weighted by Crippen LogP contribution is 2.29. The van der Waals surface area contributed by atoms with Crippen LogP contribution in [0.15, 0.2) is 4.90 Å². The summed E-state index contributed by atoms with van der Waals surface area (Å²) in [6.07, 6.45) is 6.22. The van der Waals surface area contributed by atoms with E-state index in [1.807, 2.05) is 6.26 Å². The van der Waals surface area contributed by atoms with Gasteiger partial charge in [-0.3, -0.25) is 5.10 Å². The largest absolute Gasteiger partial charge is 0.325 e. The van der Waals surface area contributed by atoms with Crippen molar-refractivity contribution in [2.24, 2.45) is 5.73 Å². The number of nitrogens with zero attached hydrogens (tertiary/aromatic N) is 1. The lowest BCUT2D eigenvalue weighted by Gasteiger charge is -2.30. The number of aryl methyl sites for hydroxylation is 1. The van der Waals surface area contributed by atoms with Gasteiger partial charge < -0.3 is 5.73 Å². The first-order chi connectivity index (χ1) is 9.49. The van der Waals surface area contributed by atoms with Crippen molar-refractivity contribution in [1.82, 2.24) is 14.9 Å². The molecule has 0 spiro atoms. The fourth-order valence-electron chi connectivity index (χ4n) is 2.74. The first-order valence-electron chi connectivity index (χ1n) is 6.78. The van der Waals surface area contributed by atoms with Crippen LogP contribution in [-0.2, 0) is 16.6 Å². The Balaban J connectivity index is 2.24. The van der Waals surface area contributed by atoms with E-state index in [0.29, 0.717) is 16.6 Å². The van der Waals surface area contributed by atoms with E-state index in [1.165, 1.54) is 6.42 Å². The summed E-state index contributed by atoms with van der Waals surface area (Å²) in [6, 6.07) is -0.0105. The third-order valence-electron chi connectivity index (χ3n) is 3.74. The van der Waals surface area contributed by atoms with E-state index >= 15 is 0 Å². The maximum atomic E-state index is 12.6. The number of hydrogen-bond donors (Lipinski definition) is 3. The van der Waals surface area contributed by atoms with Crippen LogP contribution >= 0.6 is 11.8 Å². The summed E-state index contributed by atoms with van der Waals surface area (Å²) in [5.41, 5.74) is 6.50. The lowest BCUT2D eigenvalue weighted by Crippen LogP contribution is -2.43. The zero-order valence-electron chi connectivity index (χ0n) is 11.8. The topological polar surface area (TPSA) is 101 Å². The molecule has 1 aromatic rings. The fraction of sp³-hybridized carbons (Fsp3) is 0.750. The van der Waals surface area contributed by atoms with Gasteiger partial charge in [0.1, 0.15) is 4.90 Å². The molecule has 20 heavy (non-hydrogen) atoms. The average molecular weight is 318 g/mol. The number of sulfonamides is 1. The third kappa shape index (κ3) is 3.19. The highest BCUT2D eigenvalue weighted by atomic mass is 32.2. The Morgan fingerprint density at radius 1 is 1.45 bits per heavy atom. The number of nitrogens with one attached hydrogen (secondary N) is 2. The maximum Gasteiger partial charge on any atom is 0.244 e. The molecule has 0 amide bonds. The van der Waals surface area contributed by atoms with Gasteiger partial charge >= 0.3 is 0 Å². The lowest BCUT2D eigenvalue weighted by molar-refractivity contribution is 0.423. The van der Waals surface area contributed by atoms with Crippen molar-refractivity contribution in [1.29, 1.82) is 0 Å². The molecule has 1 aromatic heterocycles. The molecule has 1 fully saturated rings. The monoisotopic (exact) mass is 318 g/mol. The molecule has 1 saturated carbocycles. The SMILES string of the molecule is CSC1CCCCC1NS(=O)(=O)c1c(CN)n[nH]c1C. The Labute approximate surface area is 124 Å². The fourth-order valence-corrected chi connectivity index (χ4v) is 5.44. The number of nitrogens with two attached hydrogens (primary N) is 1. The van der Waals surface area contributed by atoms with E-state index in [9.17, 15) is 8.42 Å². The van der Waals surface area contributed by atoms with Crippen LogP contribution in [0.3, 0.4) is 0 Å². The van der Waals surface area contributed by atoms with Gasteiger partial charge in [0.05, 0.1) is 11.4 Å². The number of hydrogen-bond acceptors (Lipinski definition) is 5. The molecule has 6 nitrogen and oxygen atoms in total. The molecule has 0 aromatic carbocycles. The van der Waals surface area contributed by atoms with Crippen molar-refractivity contribution in [2.45, 2.75) is 55.3 Å². The van der Waals surface area contributed by atoms with Gasteiger partial charge in [0.2, 0.25) is 10.0 Å². The highest BCUT2D eigenvalue weighted by molar-refractivity contribution is 7.99. The number of H-pyrrole nitrogens is 1. The maximum absolute atomic E-state index is 12.6. The van der Waals surface area contributed by atoms with Crippen LogP contribution in [0.25, 0.3) is 0 Å². The second kappa shape index (κ2) is 6.46. The molecule has 1 heterocycles. The Morgan fingerprint density at radius 2 is 2.15 bits per heavy atom. The van der Waals surface area contributed by atoms with Crippen LogP contribution in [-0.4, -0.2) is 36.2 Å². The highest BCUT2D eigenvalue weighted by Gasteiger charge is 2.31. The Bertz CT molecular complexity index is 556. The molecular weight excluding hydrogens is 296 g/mol. The third-order valence-corrected chi connectivity index (χ3v) is 6.60. The zero-order chi connectivity index (χ0) is 14.8. The van der Waals surface area contributed by atoms with Crippen LogP contribution in [0, 0.1) is 6.92 Å². The minimum Gasteiger partial charge on any atom is -0.325 e. The van der Waals surface area contributed by atoms with Crippen LogP contribution in [0.2, 0.25) is 0 Å². The minimum atomic E-state index is -3.57.